The Morgan fingerprint density at radius 2 is 2.00 bits per heavy atom. The molecular formula is C16H23NO2. The van der Waals surface area contributed by atoms with Crippen molar-refractivity contribution >= 4 is 5.97 Å². The molecule has 1 heterocycles. The van der Waals surface area contributed by atoms with Crippen LogP contribution in [-0.2, 0) is 16.1 Å². The van der Waals surface area contributed by atoms with Gasteiger partial charge in [0.1, 0.15) is 6.61 Å². The molecule has 1 N–H and O–H groups in total. The van der Waals surface area contributed by atoms with Crippen LogP contribution < -0.4 is 5.32 Å². The fourth-order valence-electron chi connectivity index (χ4n) is 2.77. The molecule has 3 nitrogen and oxygen atoms in total. The summed E-state index contributed by atoms with van der Waals surface area (Å²) in [5, 5.41) is 3.34. The lowest BCUT2D eigenvalue weighted by molar-refractivity contribution is -0.152. The van der Waals surface area contributed by atoms with Crippen molar-refractivity contribution < 1.29 is 9.53 Å². The summed E-state index contributed by atoms with van der Waals surface area (Å²) in [4.78, 5) is 12.2. The monoisotopic (exact) mass is 261 g/mol. The van der Waals surface area contributed by atoms with Gasteiger partial charge in [-0.3, -0.25) is 4.79 Å². The number of benzene rings is 1. The number of carbonyl (C=O) groups is 1. The molecule has 1 saturated heterocycles. The molecule has 1 aliphatic heterocycles. The summed E-state index contributed by atoms with van der Waals surface area (Å²) < 4.78 is 5.47. The molecule has 1 atom stereocenters. The summed E-state index contributed by atoms with van der Waals surface area (Å²) in [6.45, 7) is 4.51. The lowest BCUT2D eigenvalue weighted by Gasteiger charge is -2.28. The van der Waals surface area contributed by atoms with Gasteiger partial charge in [0, 0.05) is 0 Å². The Kier molecular flexibility index (Phi) is 5.40. The van der Waals surface area contributed by atoms with Crippen LogP contribution in [0.4, 0.5) is 0 Å². The number of hydrogen-bond acceptors (Lipinski definition) is 3. The van der Waals surface area contributed by atoms with E-state index in [2.05, 4.69) is 12.2 Å². The summed E-state index contributed by atoms with van der Waals surface area (Å²) in [5.74, 6) is 0.513. The third-order valence-corrected chi connectivity index (χ3v) is 3.92. The minimum absolute atomic E-state index is 0.0294. The highest BCUT2D eigenvalue weighted by molar-refractivity contribution is 5.72. The molecule has 1 aliphatic rings. The third kappa shape index (κ3) is 4.06. The van der Waals surface area contributed by atoms with Crippen LogP contribution >= 0.6 is 0 Å². The molecule has 19 heavy (non-hydrogen) atoms. The first-order valence-electron chi connectivity index (χ1n) is 7.22. The van der Waals surface area contributed by atoms with E-state index in [0.717, 1.165) is 37.9 Å². The zero-order chi connectivity index (χ0) is 13.5. The topological polar surface area (TPSA) is 38.3 Å². The molecule has 1 unspecified atom stereocenters. The van der Waals surface area contributed by atoms with Gasteiger partial charge in [0.15, 0.2) is 0 Å². The molecule has 1 fully saturated rings. The summed E-state index contributed by atoms with van der Waals surface area (Å²) in [5.41, 5.74) is 1.05. The summed E-state index contributed by atoms with van der Waals surface area (Å²) >= 11 is 0. The van der Waals surface area contributed by atoms with Gasteiger partial charge in [-0.1, -0.05) is 37.3 Å². The van der Waals surface area contributed by atoms with E-state index in [4.69, 9.17) is 4.74 Å². The van der Waals surface area contributed by atoms with E-state index in [9.17, 15) is 4.79 Å². The maximum Gasteiger partial charge on any atom is 0.309 e. The molecule has 0 saturated carbocycles. The summed E-state index contributed by atoms with van der Waals surface area (Å²) in [6.07, 6.45) is 3.04. The van der Waals surface area contributed by atoms with Gasteiger partial charge in [0.2, 0.25) is 0 Å². The van der Waals surface area contributed by atoms with Gasteiger partial charge in [0.05, 0.1) is 5.92 Å². The normalized spacial score (nSPS) is 17.9. The third-order valence-electron chi connectivity index (χ3n) is 3.92. The van der Waals surface area contributed by atoms with Crippen LogP contribution in [0.15, 0.2) is 30.3 Å². The highest BCUT2D eigenvalue weighted by Gasteiger charge is 2.29. The molecule has 1 aromatic rings. The molecule has 0 aromatic heterocycles. The van der Waals surface area contributed by atoms with Gasteiger partial charge >= 0.3 is 5.97 Å². The number of carbonyl (C=O) groups excluding carboxylic acids is 1. The van der Waals surface area contributed by atoms with Crippen LogP contribution in [0.1, 0.15) is 31.7 Å². The van der Waals surface area contributed by atoms with Crippen molar-refractivity contribution in [2.75, 3.05) is 13.1 Å². The Balaban J connectivity index is 1.86. The van der Waals surface area contributed by atoms with Gasteiger partial charge in [-0.15, -0.1) is 0 Å². The van der Waals surface area contributed by atoms with E-state index in [1.807, 2.05) is 30.3 Å². The second-order valence-corrected chi connectivity index (χ2v) is 5.20. The smallest absolute Gasteiger partial charge is 0.309 e. The Morgan fingerprint density at radius 3 is 2.63 bits per heavy atom. The maximum absolute atomic E-state index is 12.2. The molecule has 104 valence electrons. The number of rotatable bonds is 5. The SMILES string of the molecule is CCC(C(=O)OCc1ccccc1)C1CCNCC1. The van der Waals surface area contributed by atoms with Crippen LogP contribution in [0.2, 0.25) is 0 Å². The fraction of sp³-hybridized carbons (Fsp3) is 0.562. The number of ether oxygens (including phenoxy) is 1. The Bertz CT molecular complexity index is 385. The molecule has 0 bridgehead atoms. The number of piperidine rings is 1. The van der Waals surface area contributed by atoms with Crippen LogP contribution in [0.5, 0.6) is 0 Å². The maximum atomic E-state index is 12.2. The zero-order valence-electron chi connectivity index (χ0n) is 11.6. The van der Waals surface area contributed by atoms with E-state index in [-0.39, 0.29) is 11.9 Å². The van der Waals surface area contributed by atoms with Crippen molar-refractivity contribution in [2.24, 2.45) is 11.8 Å². The predicted molar refractivity (Wildman–Crippen MR) is 75.6 cm³/mol. The lowest BCUT2D eigenvalue weighted by Crippen LogP contribution is -2.35. The largest absolute Gasteiger partial charge is 0.461 e. The first-order valence-corrected chi connectivity index (χ1v) is 7.22. The van der Waals surface area contributed by atoms with Crippen LogP contribution in [0.25, 0.3) is 0 Å². The molecule has 0 amide bonds. The summed E-state index contributed by atoms with van der Waals surface area (Å²) in [7, 11) is 0. The van der Waals surface area contributed by atoms with E-state index in [1.165, 1.54) is 0 Å². The van der Waals surface area contributed by atoms with Gasteiger partial charge in [-0.25, -0.2) is 0 Å². The zero-order valence-corrected chi connectivity index (χ0v) is 11.6. The van der Waals surface area contributed by atoms with Gasteiger partial charge in [0.25, 0.3) is 0 Å². The average Bonchev–Trinajstić information content (AvgIpc) is 2.48. The van der Waals surface area contributed by atoms with Crippen molar-refractivity contribution in [3.05, 3.63) is 35.9 Å². The fourth-order valence-corrected chi connectivity index (χ4v) is 2.77. The van der Waals surface area contributed by atoms with Gasteiger partial charge in [-0.2, -0.15) is 0 Å². The molecule has 3 heteroatoms. The minimum Gasteiger partial charge on any atom is -0.461 e. The number of nitrogens with one attached hydrogen (secondary N) is 1. The molecule has 0 radical (unpaired) electrons. The molecular weight excluding hydrogens is 238 g/mol. The molecule has 2 rings (SSSR count). The van der Waals surface area contributed by atoms with Crippen molar-refractivity contribution in [1.82, 2.24) is 5.32 Å². The van der Waals surface area contributed by atoms with E-state index < -0.39 is 0 Å². The Hall–Kier alpha value is -1.35. The van der Waals surface area contributed by atoms with Crippen LogP contribution in [0, 0.1) is 11.8 Å². The average molecular weight is 261 g/mol. The number of esters is 1. The first kappa shape index (κ1) is 14.1. The predicted octanol–water partition coefficient (Wildman–Crippen LogP) is 2.76. The Morgan fingerprint density at radius 1 is 1.32 bits per heavy atom. The minimum atomic E-state index is -0.0294. The van der Waals surface area contributed by atoms with Gasteiger partial charge in [-0.05, 0) is 43.8 Å². The molecule has 0 spiro atoms. The first-order chi connectivity index (χ1) is 9.31. The van der Waals surface area contributed by atoms with Gasteiger partial charge < -0.3 is 10.1 Å². The van der Waals surface area contributed by atoms with Crippen molar-refractivity contribution in [2.45, 2.75) is 32.8 Å². The standard InChI is InChI=1S/C16H23NO2/c1-2-15(14-8-10-17-11-9-14)16(18)19-12-13-6-4-3-5-7-13/h3-7,14-15,17H,2,8-12H2,1H3. The molecule has 0 aliphatic carbocycles. The van der Waals surface area contributed by atoms with Crippen LogP contribution in [0.3, 0.4) is 0 Å². The second-order valence-electron chi connectivity index (χ2n) is 5.20. The lowest BCUT2D eigenvalue weighted by atomic mass is 9.83. The van der Waals surface area contributed by atoms with Crippen molar-refractivity contribution in [3.8, 4) is 0 Å². The second kappa shape index (κ2) is 7.29. The molecule has 1 aromatic carbocycles. The highest BCUT2D eigenvalue weighted by Crippen LogP contribution is 2.26. The van der Waals surface area contributed by atoms with E-state index in [0.29, 0.717) is 12.5 Å². The Labute approximate surface area is 115 Å². The highest BCUT2D eigenvalue weighted by atomic mass is 16.5. The van der Waals surface area contributed by atoms with Crippen molar-refractivity contribution in [1.29, 1.82) is 0 Å². The summed E-state index contributed by atoms with van der Waals surface area (Å²) in [6, 6.07) is 9.87. The van der Waals surface area contributed by atoms with Crippen LogP contribution in [-0.4, -0.2) is 19.1 Å². The van der Waals surface area contributed by atoms with E-state index in [1.54, 1.807) is 0 Å². The van der Waals surface area contributed by atoms with E-state index >= 15 is 0 Å². The number of hydrogen-bond donors (Lipinski definition) is 1. The quantitative estimate of drug-likeness (QED) is 0.828. The van der Waals surface area contributed by atoms with Crippen molar-refractivity contribution in [3.63, 3.8) is 0 Å².